The fourth-order valence-corrected chi connectivity index (χ4v) is 2.50. The van der Waals surface area contributed by atoms with Gasteiger partial charge in [0.05, 0.1) is 13.2 Å². The van der Waals surface area contributed by atoms with Crippen molar-refractivity contribution in [3.8, 4) is 0 Å². The van der Waals surface area contributed by atoms with Crippen LogP contribution in [-0.2, 0) is 9.53 Å². The van der Waals surface area contributed by atoms with E-state index in [1.807, 2.05) is 0 Å². The van der Waals surface area contributed by atoms with Gasteiger partial charge in [0.25, 0.3) is 5.92 Å². The Bertz CT molecular complexity index is 289. The number of carbonyl (C=O) groups is 1. The van der Waals surface area contributed by atoms with Crippen LogP contribution in [0.25, 0.3) is 0 Å². The summed E-state index contributed by atoms with van der Waals surface area (Å²) in [6.45, 7) is -0.404. The second-order valence-electron chi connectivity index (χ2n) is 4.90. The van der Waals surface area contributed by atoms with Crippen LogP contribution in [0.1, 0.15) is 32.1 Å². The van der Waals surface area contributed by atoms with E-state index < -0.39 is 23.7 Å². The smallest absolute Gasteiger partial charge is 0.318 e. The maximum absolute atomic E-state index is 13.8. The molecule has 0 bridgehead atoms. The molecule has 1 aliphatic heterocycles. The van der Waals surface area contributed by atoms with Gasteiger partial charge in [-0.2, -0.15) is 0 Å². The summed E-state index contributed by atoms with van der Waals surface area (Å²) in [7, 11) is 0. The topological polar surface area (TPSA) is 46.5 Å². The minimum atomic E-state index is -3.15. The van der Waals surface area contributed by atoms with Gasteiger partial charge in [-0.1, -0.05) is 19.3 Å². The van der Waals surface area contributed by atoms with E-state index in [4.69, 9.17) is 9.84 Å². The molecule has 5 heteroatoms. The van der Waals surface area contributed by atoms with Crippen LogP contribution < -0.4 is 0 Å². The average Bonchev–Trinajstić information content (AvgIpc) is 2.12. The van der Waals surface area contributed by atoms with Crippen molar-refractivity contribution in [2.24, 2.45) is 11.3 Å². The summed E-state index contributed by atoms with van der Waals surface area (Å²) in [5, 5.41) is 9.13. The standard InChI is InChI=1S/C11H16F2O3/c12-11(13)4-5-16-7-10(11,9(14)15)6-8-2-1-3-8/h8H,1-7H2,(H,14,15). The summed E-state index contributed by atoms with van der Waals surface area (Å²) in [6, 6.07) is 0. The Kier molecular flexibility index (Phi) is 2.90. The van der Waals surface area contributed by atoms with Gasteiger partial charge in [0.15, 0.2) is 5.41 Å². The third-order valence-corrected chi connectivity index (χ3v) is 3.88. The van der Waals surface area contributed by atoms with Crippen molar-refractivity contribution < 1.29 is 23.4 Å². The molecule has 16 heavy (non-hydrogen) atoms. The predicted octanol–water partition coefficient (Wildman–Crippen LogP) is 2.30. The number of alkyl halides is 2. The quantitative estimate of drug-likeness (QED) is 0.815. The molecule has 1 N–H and O–H groups in total. The van der Waals surface area contributed by atoms with Crippen molar-refractivity contribution in [3.63, 3.8) is 0 Å². The number of carboxylic acid groups (broad SMARTS) is 1. The summed E-state index contributed by atoms with van der Waals surface area (Å²) >= 11 is 0. The van der Waals surface area contributed by atoms with Gasteiger partial charge in [-0.15, -0.1) is 0 Å². The van der Waals surface area contributed by atoms with Gasteiger partial charge in [-0.3, -0.25) is 4.79 Å². The molecule has 2 rings (SSSR count). The lowest BCUT2D eigenvalue weighted by molar-refractivity contribution is -0.221. The van der Waals surface area contributed by atoms with Gasteiger partial charge in [0, 0.05) is 6.42 Å². The number of aliphatic carboxylic acids is 1. The summed E-state index contributed by atoms with van der Waals surface area (Å²) < 4.78 is 32.7. The zero-order valence-corrected chi connectivity index (χ0v) is 9.05. The van der Waals surface area contributed by atoms with Crippen LogP contribution in [0, 0.1) is 11.3 Å². The van der Waals surface area contributed by atoms with E-state index in [2.05, 4.69) is 0 Å². The van der Waals surface area contributed by atoms with E-state index in [9.17, 15) is 13.6 Å². The first kappa shape index (κ1) is 11.8. The van der Waals surface area contributed by atoms with Crippen molar-refractivity contribution in [2.75, 3.05) is 13.2 Å². The van der Waals surface area contributed by atoms with E-state index in [-0.39, 0.29) is 25.6 Å². The molecule has 0 amide bonds. The van der Waals surface area contributed by atoms with Crippen LogP contribution in [0.4, 0.5) is 8.78 Å². The van der Waals surface area contributed by atoms with Crippen LogP contribution in [0.5, 0.6) is 0 Å². The van der Waals surface area contributed by atoms with Crippen molar-refractivity contribution in [2.45, 2.75) is 38.0 Å². The second kappa shape index (κ2) is 3.95. The number of halogens is 2. The molecule has 2 fully saturated rings. The molecule has 1 atom stereocenters. The summed E-state index contributed by atoms with van der Waals surface area (Å²) in [5.41, 5.74) is -1.99. The van der Waals surface area contributed by atoms with Gasteiger partial charge in [-0.25, -0.2) is 8.78 Å². The average molecular weight is 234 g/mol. The maximum Gasteiger partial charge on any atom is 0.318 e. The first-order chi connectivity index (χ1) is 7.48. The molecule has 1 aliphatic carbocycles. The van der Waals surface area contributed by atoms with E-state index in [0.29, 0.717) is 0 Å². The third-order valence-electron chi connectivity index (χ3n) is 3.88. The van der Waals surface area contributed by atoms with Gasteiger partial charge in [0.2, 0.25) is 0 Å². The summed E-state index contributed by atoms with van der Waals surface area (Å²) in [6.07, 6.45) is 2.32. The highest BCUT2D eigenvalue weighted by molar-refractivity contribution is 5.76. The zero-order valence-electron chi connectivity index (χ0n) is 9.05. The van der Waals surface area contributed by atoms with Gasteiger partial charge < -0.3 is 9.84 Å². The van der Waals surface area contributed by atoms with Crippen molar-refractivity contribution in [1.82, 2.24) is 0 Å². The highest BCUT2D eigenvalue weighted by Gasteiger charge is 2.61. The molecule has 1 heterocycles. The number of carboxylic acids is 1. The molecule has 0 aromatic heterocycles. The minimum Gasteiger partial charge on any atom is -0.481 e. The van der Waals surface area contributed by atoms with Crippen LogP contribution in [-0.4, -0.2) is 30.2 Å². The van der Waals surface area contributed by atoms with Gasteiger partial charge in [-0.05, 0) is 12.3 Å². The fourth-order valence-electron chi connectivity index (χ4n) is 2.50. The van der Waals surface area contributed by atoms with Crippen LogP contribution in [0.3, 0.4) is 0 Å². The number of hydrogen-bond donors (Lipinski definition) is 1. The van der Waals surface area contributed by atoms with E-state index >= 15 is 0 Å². The highest BCUT2D eigenvalue weighted by Crippen LogP contribution is 2.50. The zero-order chi connectivity index (χ0) is 11.8. The first-order valence-corrected chi connectivity index (χ1v) is 5.67. The van der Waals surface area contributed by atoms with Crippen LogP contribution in [0.15, 0.2) is 0 Å². The number of hydrogen-bond acceptors (Lipinski definition) is 2. The fraction of sp³-hybridized carbons (Fsp3) is 0.909. The highest BCUT2D eigenvalue weighted by atomic mass is 19.3. The molecule has 0 aromatic carbocycles. The second-order valence-corrected chi connectivity index (χ2v) is 4.90. The molecule has 0 spiro atoms. The number of rotatable bonds is 3. The lowest BCUT2D eigenvalue weighted by Crippen LogP contribution is -2.55. The molecule has 1 saturated heterocycles. The Morgan fingerprint density at radius 1 is 1.44 bits per heavy atom. The monoisotopic (exact) mass is 234 g/mol. The predicted molar refractivity (Wildman–Crippen MR) is 52.4 cm³/mol. The third kappa shape index (κ3) is 1.71. The van der Waals surface area contributed by atoms with Crippen LogP contribution >= 0.6 is 0 Å². The molecule has 0 aromatic rings. The lowest BCUT2D eigenvalue weighted by Gasteiger charge is -2.43. The Labute approximate surface area is 92.8 Å². The summed E-state index contributed by atoms with van der Waals surface area (Å²) in [4.78, 5) is 11.2. The van der Waals surface area contributed by atoms with E-state index in [1.165, 1.54) is 0 Å². The molecule has 92 valence electrons. The molecule has 2 aliphatic rings. The molecular formula is C11H16F2O3. The summed E-state index contributed by atoms with van der Waals surface area (Å²) in [5.74, 6) is -4.43. The minimum absolute atomic E-state index is 0.0489. The largest absolute Gasteiger partial charge is 0.481 e. The maximum atomic E-state index is 13.8. The van der Waals surface area contributed by atoms with Crippen LogP contribution in [0.2, 0.25) is 0 Å². The molecule has 0 radical (unpaired) electrons. The first-order valence-electron chi connectivity index (χ1n) is 5.67. The normalized spacial score (nSPS) is 34.4. The van der Waals surface area contributed by atoms with Crippen molar-refractivity contribution >= 4 is 5.97 Å². The Hall–Kier alpha value is -0.710. The molecule has 3 nitrogen and oxygen atoms in total. The Morgan fingerprint density at radius 2 is 2.12 bits per heavy atom. The van der Waals surface area contributed by atoms with Gasteiger partial charge in [0.1, 0.15) is 0 Å². The van der Waals surface area contributed by atoms with Crippen molar-refractivity contribution in [3.05, 3.63) is 0 Å². The van der Waals surface area contributed by atoms with Crippen molar-refractivity contribution in [1.29, 1.82) is 0 Å². The van der Waals surface area contributed by atoms with E-state index in [1.54, 1.807) is 0 Å². The molecule has 1 saturated carbocycles. The Morgan fingerprint density at radius 3 is 2.56 bits per heavy atom. The SMILES string of the molecule is O=C(O)C1(CC2CCC2)COCCC1(F)F. The molecular weight excluding hydrogens is 218 g/mol. The van der Waals surface area contributed by atoms with E-state index in [0.717, 1.165) is 19.3 Å². The number of ether oxygens (including phenoxy) is 1. The lowest BCUT2D eigenvalue weighted by atomic mass is 9.67. The molecule has 1 unspecified atom stereocenters. The Balaban J connectivity index is 2.20. The van der Waals surface area contributed by atoms with Gasteiger partial charge >= 0.3 is 5.97 Å².